The number of nitrogens with zero attached hydrogens (tertiary/aromatic N) is 4. The number of carbonyl (C=O) groups is 1. The third-order valence-corrected chi connectivity index (χ3v) is 5.48. The molecule has 2 N–H and O–H groups in total. The molecule has 0 spiro atoms. The number of carbonyl (C=O) groups excluding carboxylic acids is 1. The zero-order chi connectivity index (χ0) is 22.2. The van der Waals surface area contributed by atoms with Crippen molar-refractivity contribution in [2.75, 3.05) is 78.0 Å². The summed E-state index contributed by atoms with van der Waals surface area (Å²) in [6.07, 6.45) is 0.708. The first-order chi connectivity index (χ1) is 14.9. The van der Waals surface area contributed by atoms with Crippen molar-refractivity contribution in [3.05, 3.63) is 29.8 Å². The number of hydrogen-bond acceptors (Lipinski definition) is 5. The highest BCUT2D eigenvalue weighted by molar-refractivity contribution is 14.0. The van der Waals surface area contributed by atoms with E-state index in [0.29, 0.717) is 32.0 Å². The van der Waals surface area contributed by atoms with Crippen molar-refractivity contribution in [2.45, 2.75) is 12.5 Å². The van der Waals surface area contributed by atoms with Crippen LogP contribution in [0.5, 0.6) is 0 Å². The van der Waals surface area contributed by atoms with E-state index < -0.39 is 11.6 Å². The highest BCUT2D eigenvalue weighted by atomic mass is 127. The van der Waals surface area contributed by atoms with Gasteiger partial charge < -0.3 is 25.2 Å². The molecule has 1 amide bonds. The number of anilines is 1. The van der Waals surface area contributed by atoms with Gasteiger partial charge in [-0.15, -0.1) is 24.0 Å². The lowest BCUT2D eigenvalue weighted by Crippen LogP contribution is -2.48. The van der Waals surface area contributed by atoms with Crippen LogP contribution in [0.1, 0.15) is 6.42 Å². The number of halogens is 3. The molecule has 0 aliphatic carbocycles. The summed E-state index contributed by atoms with van der Waals surface area (Å²) in [4.78, 5) is 21.9. The van der Waals surface area contributed by atoms with E-state index in [4.69, 9.17) is 4.74 Å². The molecule has 2 fully saturated rings. The zero-order valence-electron chi connectivity index (χ0n) is 18.6. The molecule has 0 radical (unpaired) electrons. The minimum absolute atomic E-state index is 0. The van der Waals surface area contributed by atoms with E-state index in [9.17, 15) is 13.6 Å². The first-order valence-corrected chi connectivity index (χ1v) is 10.7. The molecule has 1 atom stereocenters. The van der Waals surface area contributed by atoms with E-state index in [1.54, 1.807) is 19.0 Å². The number of hydrogen-bond donors (Lipinski definition) is 2. The largest absolute Gasteiger partial charge is 0.379 e. The maximum atomic E-state index is 14.1. The van der Waals surface area contributed by atoms with Crippen LogP contribution in [0.25, 0.3) is 0 Å². The summed E-state index contributed by atoms with van der Waals surface area (Å²) >= 11 is 0. The van der Waals surface area contributed by atoms with Crippen LogP contribution in [0.4, 0.5) is 14.5 Å². The molecule has 2 heterocycles. The standard InChI is InChI=1S/C21H32F2N6O2.HI/c1-27(2)19(30)14-25-21(24-7-9-28-10-12-31-13-11-28)26-16-6-8-29(15-16)20-17(22)4-3-5-18(20)23;/h3-5,16H,6-15H2,1-2H3,(H2,24,25,26);1H. The minimum Gasteiger partial charge on any atom is -0.379 e. The minimum atomic E-state index is -0.560. The smallest absolute Gasteiger partial charge is 0.243 e. The van der Waals surface area contributed by atoms with E-state index in [2.05, 4.69) is 20.5 Å². The van der Waals surface area contributed by atoms with Crippen molar-refractivity contribution in [1.82, 2.24) is 20.4 Å². The van der Waals surface area contributed by atoms with E-state index in [0.717, 1.165) is 32.8 Å². The number of aliphatic imine (C=N–C) groups is 1. The van der Waals surface area contributed by atoms with Gasteiger partial charge in [0.25, 0.3) is 0 Å². The van der Waals surface area contributed by atoms with Crippen LogP contribution in [0.15, 0.2) is 23.2 Å². The third-order valence-electron chi connectivity index (χ3n) is 5.48. The van der Waals surface area contributed by atoms with Crippen molar-refractivity contribution >= 4 is 41.5 Å². The van der Waals surface area contributed by atoms with Gasteiger partial charge in [-0.25, -0.2) is 13.8 Å². The average Bonchev–Trinajstić information content (AvgIpc) is 3.20. The molecule has 1 unspecified atom stereocenters. The fraction of sp³-hybridized carbons (Fsp3) is 0.619. The normalized spacial score (nSPS) is 19.4. The summed E-state index contributed by atoms with van der Waals surface area (Å²) in [7, 11) is 3.38. The van der Waals surface area contributed by atoms with Gasteiger partial charge in [0.1, 0.15) is 23.9 Å². The maximum Gasteiger partial charge on any atom is 0.243 e. The van der Waals surface area contributed by atoms with Gasteiger partial charge in [0.15, 0.2) is 5.96 Å². The van der Waals surface area contributed by atoms with Crippen molar-refractivity contribution < 1.29 is 18.3 Å². The Hall–Kier alpha value is -1.73. The molecule has 2 aliphatic rings. The van der Waals surface area contributed by atoms with Gasteiger partial charge >= 0.3 is 0 Å². The summed E-state index contributed by atoms with van der Waals surface area (Å²) < 4.78 is 33.6. The molecule has 2 saturated heterocycles. The number of morpholine rings is 1. The van der Waals surface area contributed by atoms with Crippen LogP contribution in [-0.2, 0) is 9.53 Å². The van der Waals surface area contributed by atoms with E-state index in [-0.39, 0.29) is 48.2 Å². The number of para-hydroxylation sites is 1. The van der Waals surface area contributed by atoms with Crippen LogP contribution in [0.3, 0.4) is 0 Å². The Bertz CT molecular complexity index is 756. The molecular formula is C21H33F2IN6O2. The highest BCUT2D eigenvalue weighted by Gasteiger charge is 2.27. The summed E-state index contributed by atoms with van der Waals surface area (Å²) in [6.45, 7) is 5.78. The molecule has 1 aromatic rings. The predicted molar refractivity (Wildman–Crippen MR) is 132 cm³/mol. The summed E-state index contributed by atoms with van der Waals surface area (Å²) in [5, 5.41) is 6.61. The van der Waals surface area contributed by atoms with Gasteiger partial charge in [-0.1, -0.05) is 6.07 Å². The second-order valence-corrected chi connectivity index (χ2v) is 7.98. The monoisotopic (exact) mass is 566 g/mol. The number of benzene rings is 1. The maximum absolute atomic E-state index is 14.1. The quantitative estimate of drug-likeness (QED) is 0.293. The molecule has 0 saturated carbocycles. The second-order valence-electron chi connectivity index (χ2n) is 7.98. The number of rotatable bonds is 7. The van der Waals surface area contributed by atoms with Gasteiger partial charge in [-0.05, 0) is 18.6 Å². The van der Waals surface area contributed by atoms with Crippen LogP contribution in [-0.4, -0.2) is 101 Å². The Morgan fingerprint density at radius 2 is 1.91 bits per heavy atom. The third kappa shape index (κ3) is 7.69. The van der Waals surface area contributed by atoms with E-state index in [1.807, 2.05) is 0 Å². The number of ether oxygens (including phenoxy) is 1. The fourth-order valence-electron chi connectivity index (χ4n) is 3.66. The molecule has 2 aliphatic heterocycles. The molecule has 11 heteroatoms. The van der Waals surface area contributed by atoms with Crippen LogP contribution in [0, 0.1) is 11.6 Å². The second kappa shape index (κ2) is 13.1. The van der Waals surface area contributed by atoms with E-state index >= 15 is 0 Å². The Balaban J connectivity index is 0.00000363. The first kappa shape index (κ1) is 26.5. The first-order valence-electron chi connectivity index (χ1n) is 10.7. The summed E-state index contributed by atoms with van der Waals surface area (Å²) in [5.74, 6) is -0.690. The number of nitrogens with one attached hydrogen (secondary N) is 2. The van der Waals surface area contributed by atoms with Crippen molar-refractivity contribution in [2.24, 2.45) is 4.99 Å². The molecule has 180 valence electrons. The average molecular weight is 566 g/mol. The Morgan fingerprint density at radius 1 is 1.22 bits per heavy atom. The Morgan fingerprint density at radius 3 is 2.56 bits per heavy atom. The Labute approximate surface area is 205 Å². The SMILES string of the molecule is CN(C)C(=O)CN=C(NCCN1CCOCC1)NC1CCN(c2c(F)cccc2F)C1.I. The topological polar surface area (TPSA) is 72.4 Å². The summed E-state index contributed by atoms with van der Waals surface area (Å²) in [5.41, 5.74) is 0.00773. The predicted octanol–water partition coefficient (Wildman–Crippen LogP) is 1.12. The number of guanidine groups is 1. The van der Waals surface area contributed by atoms with Crippen molar-refractivity contribution in [1.29, 1.82) is 0 Å². The molecule has 1 aromatic carbocycles. The lowest BCUT2D eigenvalue weighted by Gasteiger charge is -2.27. The molecular weight excluding hydrogens is 533 g/mol. The highest BCUT2D eigenvalue weighted by Crippen LogP contribution is 2.26. The number of amides is 1. The van der Waals surface area contributed by atoms with Crippen molar-refractivity contribution in [3.63, 3.8) is 0 Å². The van der Waals surface area contributed by atoms with Gasteiger partial charge in [0.2, 0.25) is 5.91 Å². The van der Waals surface area contributed by atoms with Crippen LogP contribution < -0.4 is 15.5 Å². The Kier molecular flexibility index (Phi) is 10.9. The molecule has 8 nitrogen and oxygen atoms in total. The molecule has 3 rings (SSSR count). The van der Waals surface area contributed by atoms with Crippen molar-refractivity contribution in [3.8, 4) is 0 Å². The van der Waals surface area contributed by atoms with Gasteiger partial charge in [-0.3, -0.25) is 9.69 Å². The lowest BCUT2D eigenvalue weighted by molar-refractivity contribution is -0.127. The van der Waals surface area contributed by atoms with Crippen LogP contribution in [0.2, 0.25) is 0 Å². The molecule has 32 heavy (non-hydrogen) atoms. The zero-order valence-corrected chi connectivity index (χ0v) is 21.0. The van der Waals surface area contributed by atoms with Crippen LogP contribution >= 0.6 is 24.0 Å². The lowest BCUT2D eigenvalue weighted by atomic mass is 10.2. The van der Waals surface area contributed by atoms with Gasteiger partial charge in [0, 0.05) is 59.4 Å². The molecule has 0 bridgehead atoms. The summed E-state index contributed by atoms with van der Waals surface area (Å²) in [6, 6.07) is 3.87. The number of likely N-dealkylation sites (N-methyl/N-ethyl adjacent to an activating group) is 1. The fourth-order valence-corrected chi connectivity index (χ4v) is 3.66. The van der Waals surface area contributed by atoms with Gasteiger partial charge in [0.05, 0.1) is 13.2 Å². The van der Waals surface area contributed by atoms with E-state index in [1.165, 1.54) is 23.1 Å². The molecule has 0 aromatic heterocycles. The van der Waals surface area contributed by atoms with Gasteiger partial charge in [-0.2, -0.15) is 0 Å².